The molecule has 8 nitrogen and oxygen atoms in total. The second-order valence-corrected chi connectivity index (χ2v) is 6.06. The highest BCUT2D eigenvalue weighted by Gasteiger charge is 2.28. The predicted molar refractivity (Wildman–Crippen MR) is 94.6 cm³/mol. The number of carbonyl (C=O) groups is 4. The molecule has 0 aliphatic carbocycles. The van der Waals surface area contributed by atoms with E-state index in [1.807, 2.05) is 0 Å². The van der Waals surface area contributed by atoms with Crippen molar-refractivity contribution < 1.29 is 23.6 Å². The topological polar surface area (TPSA) is 109 Å². The maximum Gasteiger partial charge on any atom is 0.287 e. The molecular formula is C19H19N3O5. The molecule has 1 aromatic heterocycles. The second-order valence-electron chi connectivity index (χ2n) is 6.06. The number of rotatable bonds is 7. The van der Waals surface area contributed by atoms with E-state index in [2.05, 4.69) is 10.6 Å². The van der Waals surface area contributed by atoms with E-state index in [9.17, 15) is 19.2 Å². The van der Waals surface area contributed by atoms with Gasteiger partial charge in [0.05, 0.1) is 12.8 Å². The van der Waals surface area contributed by atoms with Crippen LogP contribution in [-0.2, 0) is 16.1 Å². The molecule has 27 heavy (non-hydrogen) atoms. The van der Waals surface area contributed by atoms with Crippen molar-refractivity contribution in [2.24, 2.45) is 0 Å². The van der Waals surface area contributed by atoms with E-state index in [0.29, 0.717) is 5.56 Å². The second kappa shape index (κ2) is 8.31. The van der Waals surface area contributed by atoms with E-state index in [1.54, 1.807) is 36.4 Å². The van der Waals surface area contributed by atoms with Crippen LogP contribution in [0.1, 0.15) is 39.3 Å². The van der Waals surface area contributed by atoms with Crippen molar-refractivity contribution in [1.82, 2.24) is 15.5 Å². The van der Waals surface area contributed by atoms with Gasteiger partial charge in [-0.3, -0.25) is 24.1 Å². The molecule has 1 aliphatic heterocycles. The fourth-order valence-electron chi connectivity index (χ4n) is 2.69. The molecule has 1 aliphatic rings. The Kier molecular flexibility index (Phi) is 5.65. The average molecular weight is 369 g/mol. The minimum atomic E-state index is -0.343. The monoisotopic (exact) mass is 369 g/mol. The minimum absolute atomic E-state index is 0.168. The molecule has 1 aromatic carbocycles. The van der Waals surface area contributed by atoms with Crippen LogP contribution >= 0.6 is 0 Å². The summed E-state index contributed by atoms with van der Waals surface area (Å²) in [6.45, 7) is 0.755. The van der Waals surface area contributed by atoms with Gasteiger partial charge < -0.3 is 15.1 Å². The molecule has 140 valence electrons. The first-order valence-corrected chi connectivity index (χ1v) is 8.56. The molecule has 8 heteroatoms. The first kappa shape index (κ1) is 18.4. The lowest BCUT2D eigenvalue weighted by atomic mass is 10.1. The highest BCUT2D eigenvalue weighted by molar-refractivity contribution is 6.01. The van der Waals surface area contributed by atoms with Gasteiger partial charge in [-0.1, -0.05) is 12.1 Å². The first-order valence-electron chi connectivity index (χ1n) is 8.56. The SMILES string of the molecule is O=C(NCCNC(=O)c1ccco1)c1ccc(CN2C(=O)CCC2=O)cc1. The van der Waals surface area contributed by atoms with Gasteiger partial charge in [-0.15, -0.1) is 0 Å². The highest BCUT2D eigenvalue weighted by Crippen LogP contribution is 2.16. The third kappa shape index (κ3) is 4.60. The molecule has 0 unspecified atom stereocenters. The Balaban J connectivity index is 1.44. The van der Waals surface area contributed by atoms with Crippen LogP contribution in [-0.4, -0.2) is 41.6 Å². The molecule has 1 saturated heterocycles. The average Bonchev–Trinajstić information content (AvgIpc) is 3.31. The third-order valence-electron chi connectivity index (χ3n) is 4.15. The summed E-state index contributed by atoms with van der Waals surface area (Å²) in [4.78, 5) is 48.3. The quantitative estimate of drug-likeness (QED) is 0.561. The molecule has 0 spiro atoms. The summed E-state index contributed by atoms with van der Waals surface area (Å²) < 4.78 is 4.97. The van der Waals surface area contributed by atoms with Gasteiger partial charge in [0, 0.05) is 31.5 Å². The maximum atomic E-state index is 12.1. The van der Waals surface area contributed by atoms with Crippen molar-refractivity contribution in [3.8, 4) is 0 Å². The van der Waals surface area contributed by atoms with E-state index in [4.69, 9.17) is 4.42 Å². The Bertz CT molecular complexity index is 827. The summed E-state index contributed by atoms with van der Waals surface area (Å²) in [7, 11) is 0. The number of amides is 4. The summed E-state index contributed by atoms with van der Waals surface area (Å²) in [6, 6.07) is 9.88. The summed E-state index contributed by atoms with van der Waals surface area (Å²) in [5.41, 5.74) is 1.23. The largest absolute Gasteiger partial charge is 0.459 e. The number of furan rings is 1. The van der Waals surface area contributed by atoms with Gasteiger partial charge in [0.25, 0.3) is 11.8 Å². The van der Waals surface area contributed by atoms with E-state index >= 15 is 0 Å². The molecule has 0 radical (unpaired) electrons. The van der Waals surface area contributed by atoms with Crippen molar-refractivity contribution in [3.05, 3.63) is 59.5 Å². The number of hydrogen-bond donors (Lipinski definition) is 2. The van der Waals surface area contributed by atoms with Crippen molar-refractivity contribution >= 4 is 23.6 Å². The Morgan fingerprint density at radius 3 is 2.15 bits per heavy atom. The van der Waals surface area contributed by atoms with Crippen LogP contribution in [0.25, 0.3) is 0 Å². The Morgan fingerprint density at radius 2 is 1.56 bits per heavy atom. The van der Waals surface area contributed by atoms with Crippen LogP contribution in [0.2, 0.25) is 0 Å². The number of nitrogens with one attached hydrogen (secondary N) is 2. The van der Waals surface area contributed by atoms with Crippen molar-refractivity contribution in [1.29, 1.82) is 0 Å². The van der Waals surface area contributed by atoms with Gasteiger partial charge in [0.15, 0.2) is 5.76 Å². The van der Waals surface area contributed by atoms with Gasteiger partial charge in [0.1, 0.15) is 0 Å². The van der Waals surface area contributed by atoms with Crippen LogP contribution < -0.4 is 10.6 Å². The Labute approximate surface area is 155 Å². The van der Waals surface area contributed by atoms with E-state index in [1.165, 1.54) is 11.2 Å². The van der Waals surface area contributed by atoms with Gasteiger partial charge in [-0.25, -0.2) is 0 Å². The zero-order chi connectivity index (χ0) is 19.2. The fourth-order valence-corrected chi connectivity index (χ4v) is 2.69. The first-order chi connectivity index (χ1) is 13.0. The lowest BCUT2D eigenvalue weighted by molar-refractivity contribution is -0.139. The van der Waals surface area contributed by atoms with E-state index in [-0.39, 0.29) is 61.9 Å². The molecule has 2 heterocycles. The molecule has 0 saturated carbocycles. The smallest absolute Gasteiger partial charge is 0.287 e. The van der Waals surface area contributed by atoms with E-state index < -0.39 is 0 Å². The van der Waals surface area contributed by atoms with Crippen LogP contribution in [0.3, 0.4) is 0 Å². The van der Waals surface area contributed by atoms with Crippen LogP contribution in [0.15, 0.2) is 47.1 Å². The van der Waals surface area contributed by atoms with Crippen molar-refractivity contribution in [2.45, 2.75) is 19.4 Å². The Morgan fingerprint density at radius 1 is 0.926 bits per heavy atom. The molecule has 0 atom stereocenters. The number of imide groups is 1. The third-order valence-corrected chi connectivity index (χ3v) is 4.15. The van der Waals surface area contributed by atoms with Crippen LogP contribution in [0, 0.1) is 0 Å². The zero-order valence-corrected chi connectivity index (χ0v) is 14.6. The molecule has 3 rings (SSSR count). The predicted octanol–water partition coefficient (Wildman–Crippen LogP) is 1.09. The number of likely N-dealkylation sites (tertiary alicyclic amines) is 1. The molecule has 4 amide bonds. The molecule has 0 bridgehead atoms. The van der Waals surface area contributed by atoms with Gasteiger partial charge in [-0.05, 0) is 29.8 Å². The maximum absolute atomic E-state index is 12.1. The molecule has 2 N–H and O–H groups in total. The van der Waals surface area contributed by atoms with Crippen LogP contribution in [0.5, 0.6) is 0 Å². The number of nitrogens with zero attached hydrogens (tertiary/aromatic N) is 1. The zero-order valence-electron chi connectivity index (χ0n) is 14.6. The summed E-state index contributed by atoms with van der Waals surface area (Å²) >= 11 is 0. The summed E-state index contributed by atoms with van der Waals surface area (Å²) in [6.07, 6.45) is 1.93. The summed E-state index contributed by atoms with van der Waals surface area (Å²) in [5.74, 6) is -0.740. The van der Waals surface area contributed by atoms with Crippen molar-refractivity contribution in [2.75, 3.05) is 13.1 Å². The Hall–Kier alpha value is -3.42. The fraction of sp³-hybridized carbons (Fsp3) is 0.263. The standard InChI is InChI=1S/C19H19N3O5/c23-16-7-8-17(24)22(16)12-13-3-5-14(6-4-13)18(25)20-9-10-21-19(26)15-2-1-11-27-15/h1-6,11H,7-10,12H2,(H,20,25)(H,21,26). The van der Waals surface area contributed by atoms with E-state index in [0.717, 1.165) is 5.56 Å². The highest BCUT2D eigenvalue weighted by atomic mass is 16.3. The number of carbonyl (C=O) groups excluding carboxylic acids is 4. The molecule has 1 fully saturated rings. The molecular weight excluding hydrogens is 350 g/mol. The van der Waals surface area contributed by atoms with Gasteiger partial charge >= 0.3 is 0 Å². The summed E-state index contributed by atoms with van der Waals surface area (Å²) in [5, 5.41) is 5.34. The number of hydrogen-bond acceptors (Lipinski definition) is 5. The van der Waals surface area contributed by atoms with Gasteiger partial charge in [-0.2, -0.15) is 0 Å². The lowest BCUT2D eigenvalue weighted by Crippen LogP contribution is -2.34. The normalized spacial score (nSPS) is 13.7. The lowest BCUT2D eigenvalue weighted by Gasteiger charge is -2.14. The minimum Gasteiger partial charge on any atom is -0.459 e. The molecule has 2 aromatic rings. The van der Waals surface area contributed by atoms with Gasteiger partial charge in [0.2, 0.25) is 11.8 Å². The van der Waals surface area contributed by atoms with Crippen LogP contribution in [0.4, 0.5) is 0 Å². The number of benzene rings is 1. The van der Waals surface area contributed by atoms with Crippen molar-refractivity contribution in [3.63, 3.8) is 0 Å².